The molecule has 0 aliphatic carbocycles. The molecule has 0 spiro atoms. The van der Waals surface area contributed by atoms with Gasteiger partial charge in [0.2, 0.25) is 0 Å². The molecule has 0 atom stereocenters. The summed E-state index contributed by atoms with van der Waals surface area (Å²) in [6.07, 6.45) is 0.526. The SMILES string of the molecule is COC(=O)c1cccc(Cc2n[nH]c3cc(N)ccc23)c1OC. The number of nitrogens with zero attached hydrogens (tertiary/aromatic N) is 1. The van der Waals surface area contributed by atoms with Gasteiger partial charge in [-0.1, -0.05) is 12.1 Å². The first-order valence-corrected chi connectivity index (χ1v) is 7.10. The molecular weight excluding hydrogens is 294 g/mol. The molecule has 0 radical (unpaired) electrons. The van der Waals surface area contributed by atoms with Crippen LogP contribution >= 0.6 is 0 Å². The summed E-state index contributed by atoms with van der Waals surface area (Å²) in [5, 5.41) is 8.31. The summed E-state index contributed by atoms with van der Waals surface area (Å²) in [4.78, 5) is 11.9. The quantitative estimate of drug-likeness (QED) is 0.571. The van der Waals surface area contributed by atoms with Crippen molar-refractivity contribution in [3.05, 3.63) is 53.2 Å². The molecule has 0 fully saturated rings. The molecule has 0 saturated heterocycles. The van der Waals surface area contributed by atoms with Gasteiger partial charge in [0, 0.05) is 23.1 Å². The molecule has 1 heterocycles. The zero-order chi connectivity index (χ0) is 16.4. The van der Waals surface area contributed by atoms with Gasteiger partial charge in [-0.25, -0.2) is 4.79 Å². The van der Waals surface area contributed by atoms with E-state index in [9.17, 15) is 4.79 Å². The van der Waals surface area contributed by atoms with Gasteiger partial charge in [-0.15, -0.1) is 0 Å². The number of anilines is 1. The van der Waals surface area contributed by atoms with Crippen LogP contribution in [0.1, 0.15) is 21.6 Å². The number of ether oxygens (including phenoxy) is 2. The molecule has 3 aromatic rings. The highest BCUT2D eigenvalue weighted by atomic mass is 16.5. The van der Waals surface area contributed by atoms with E-state index in [1.807, 2.05) is 24.3 Å². The maximum Gasteiger partial charge on any atom is 0.341 e. The van der Waals surface area contributed by atoms with Crippen molar-refractivity contribution in [1.82, 2.24) is 10.2 Å². The van der Waals surface area contributed by atoms with Crippen molar-refractivity contribution in [2.24, 2.45) is 0 Å². The number of nitrogen functional groups attached to an aromatic ring is 1. The molecule has 0 amide bonds. The molecule has 0 aliphatic rings. The van der Waals surface area contributed by atoms with Crippen LogP contribution in [0.5, 0.6) is 5.75 Å². The Hall–Kier alpha value is -3.02. The number of carbonyl (C=O) groups excluding carboxylic acids is 1. The first-order chi connectivity index (χ1) is 11.1. The number of carbonyl (C=O) groups is 1. The highest BCUT2D eigenvalue weighted by Crippen LogP contribution is 2.28. The lowest BCUT2D eigenvalue weighted by atomic mass is 10.0. The standard InChI is InChI=1S/C17H17N3O3/c1-22-16-10(4-3-5-13(16)17(21)23-2)8-14-12-7-6-11(18)9-15(12)20-19-14/h3-7,9H,8,18H2,1-2H3,(H,19,20). The van der Waals surface area contributed by atoms with Gasteiger partial charge in [0.05, 0.1) is 25.4 Å². The molecule has 0 unspecified atom stereocenters. The maximum atomic E-state index is 11.9. The summed E-state index contributed by atoms with van der Waals surface area (Å²) in [5.74, 6) is 0.0781. The van der Waals surface area contributed by atoms with Gasteiger partial charge in [0.15, 0.2) is 0 Å². The number of aromatic nitrogens is 2. The number of nitrogens with one attached hydrogen (secondary N) is 1. The molecule has 2 aromatic carbocycles. The Balaban J connectivity index is 2.03. The minimum atomic E-state index is -0.427. The molecule has 1 aromatic heterocycles. The van der Waals surface area contributed by atoms with Gasteiger partial charge in [0.25, 0.3) is 0 Å². The summed E-state index contributed by atoms with van der Waals surface area (Å²) >= 11 is 0. The predicted molar refractivity (Wildman–Crippen MR) is 87.6 cm³/mol. The van der Waals surface area contributed by atoms with Gasteiger partial charge in [-0.3, -0.25) is 5.10 Å². The van der Waals surface area contributed by atoms with Crippen LogP contribution in [0.3, 0.4) is 0 Å². The summed E-state index contributed by atoms with van der Waals surface area (Å²) in [5.41, 5.74) is 9.46. The number of nitrogens with two attached hydrogens (primary N) is 1. The van der Waals surface area contributed by atoms with Crippen LogP contribution in [0.15, 0.2) is 36.4 Å². The monoisotopic (exact) mass is 311 g/mol. The Morgan fingerprint density at radius 1 is 1.26 bits per heavy atom. The molecule has 3 N–H and O–H groups in total. The van der Waals surface area contributed by atoms with Gasteiger partial charge in [-0.05, 0) is 24.3 Å². The van der Waals surface area contributed by atoms with E-state index >= 15 is 0 Å². The van der Waals surface area contributed by atoms with Crippen LogP contribution in [-0.4, -0.2) is 30.4 Å². The van der Waals surface area contributed by atoms with Crippen molar-refractivity contribution in [3.8, 4) is 5.75 Å². The number of methoxy groups -OCH3 is 2. The lowest BCUT2D eigenvalue weighted by Crippen LogP contribution is -2.06. The molecular formula is C17H17N3O3. The van der Waals surface area contributed by atoms with Gasteiger partial charge in [-0.2, -0.15) is 5.10 Å². The second-order valence-corrected chi connectivity index (χ2v) is 5.14. The first-order valence-electron chi connectivity index (χ1n) is 7.10. The number of fused-ring (bicyclic) bond motifs is 1. The first kappa shape index (κ1) is 14.9. The highest BCUT2D eigenvalue weighted by Gasteiger charge is 2.17. The molecule has 3 rings (SSSR count). The lowest BCUT2D eigenvalue weighted by molar-refractivity contribution is 0.0597. The van der Waals surface area contributed by atoms with Crippen LogP contribution in [0, 0.1) is 0 Å². The molecule has 0 saturated carbocycles. The maximum absolute atomic E-state index is 11.9. The number of esters is 1. The molecule has 0 bridgehead atoms. The minimum Gasteiger partial charge on any atom is -0.496 e. The zero-order valence-corrected chi connectivity index (χ0v) is 12.9. The Labute approximate surface area is 133 Å². The van der Waals surface area contributed by atoms with Crippen molar-refractivity contribution in [3.63, 3.8) is 0 Å². The van der Waals surface area contributed by atoms with Gasteiger partial charge in [0.1, 0.15) is 11.3 Å². The topological polar surface area (TPSA) is 90.2 Å². The smallest absolute Gasteiger partial charge is 0.341 e. The lowest BCUT2D eigenvalue weighted by Gasteiger charge is -2.11. The predicted octanol–water partition coefficient (Wildman–Crippen LogP) is 2.53. The fraction of sp³-hybridized carbons (Fsp3) is 0.176. The summed E-state index contributed by atoms with van der Waals surface area (Å²) in [7, 11) is 2.88. The van der Waals surface area contributed by atoms with Crippen molar-refractivity contribution >= 4 is 22.6 Å². The zero-order valence-electron chi connectivity index (χ0n) is 12.9. The number of hydrogen-bond acceptors (Lipinski definition) is 5. The second-order valence-electron chi connectivity index (χ2n) is 5.14. The van der Waals surface area contributed by atoms with Crippen molar-refractivity contribution in [1.29, 1.82) is 0 Å². The van der Waals surface area contributed by atoms with Crippen molar-refractivity contribution in [2.45, 2.75) is 6.42 Å². The molecule has 6 heteroatoms. The van der Waals surface area contributed by atoms with E-state index in [1.165, 1.54) is 14.2 Å². The Bertz CT molecular complexity index is 871. The van der Waals surface area contributed by atoms with Crippen LogP contribution in [0.4, 0.5) is 5.69 Å². The van der Waals surface area contributed by atoms with E-state index in [-0.39, 0.29) is 0 Å². The Morgan fingerprint density at radius 2 is 2.09 bits per heavy atom. The molecule has 6 nitrogen and oxygen atoms in total. The third-order valence-electron chi connectivity index (χ3n) is 3.73. The fourth-order valence-corrected chi connectivity index (χ4v) is 2.64. The van der Waals surface area contributed by atoms with E-state index in [1.54, 1.807) is 12.1 Å². The number of benzene rings is 2. The number of aromatic amines is 1. The molecule has 118 valence electrons. The van der Waals surface area contributed by atoms with Crippen molar-refractivity contribution < 1.29 is 14.3 Å². The largest absolute Gasteiger partial charge is 0.496 e. The van der Waals surface area contributed by atoms with E-state index in [0.717, 1.165) is 22.2 Å². The van der Waals surface area contributed by atoms with E-state index < -0.39 is 5.97 Å². The van der Waals surface area contributed by atoms with Gasteiger partial charge < -0.3 is 15.2 Å². The third kappa shape index (κ3) is 2.70. The normalized spacial score (nSPS) is 10.7. The Kier molecular flexibility index (Phi) is 3.89. The number of hydrogen-bond donors (Lipinski definition) is 2. The number of H-pyrrole nitrogens is 1. The number of rotatable bonds is 4. The minimum absolute atomic E-state index is 0.400. The van der Waals surface area contributed by atoms with Crippen LogP contribution in [0.25, 0.3) is 10.9 Å². The average molecular weight is 311 g/mol. The van der Waals surface area contributed by atoms with Gasteiger partial charge >= 0.3 is 5.97 Å². The van der Waals surface area contributed by atoms with E-state index in [0.29, 0.717) is 23.4 Å². The molecule has 0 aliphatic heterocycles. The second kappa shape index (κ2) is 6.00. The van der Waals surface area contributed by atoms with E-state index in [4.69, 9.17) is 15.2 Å². The van der Waals surface area contributed by atoms with E-state index in [2.05, 4.69) is 10.2 Å². The average Bonchev–Trinajstić information content (AvgIpc) is 2.95. The summed E-state index contributed by atoms with van der Waals surface area (Å²) < 4.78 is 10.2. The summed E-state index contributed by atoms with van der Waals surface area (Å²) in [6.45, 7) is 0. The Morgan fingerprint density at radius 3 is 2.83 bits per heavy atom. The van der Waals surface area contributed by atoms with Crippen LogP contribution in [0.2, 0.25) is 0 Å². The fourth-order valence-electron chi connectivity index (χ4n) is 2.64. The summed E-state index contributed by atoms with van der Waals surface area (Å²) in [6, 6.07) is 11.0. The van der Waals surface area contributed by atoms with Crippen LogP contribution < -0.4 is 10.5 Å². The third-order valence-corrected chi connectivity index (χ3v) is 3.73. The molecule has 23 heavy (non-hydrogen) atoms. The van der Waals surface area contributed by atoms with Crippen LogP contribution in [-0.2, 0) is 11.2 Å². The number of para-hydroxylation sites is 1. The highest BCUT2D eigenvalue weighted by molar-refractivity contribution is 5.93. The van der Waals surface area contributed by atoms with Crippen molar-refractivity contribution in [2.75, 3.05) is 20.0 Å².